The van der Waals surface area contributed by atoms with Crippen molar-refractivity contribution in [1.29, 1.82) is 0 Å². The highest BCUT2D eigenvalue weighted by Crippen LogP contribution is 2.76. The number of benzene rings is 1. The van der Waals surface area contributed by atoms with Crippen LogP contribution in [0.5, 0.6) is 0 Å². The zero-order valence-electron chi connectivity index (χ0n) is 18.3. The van der Waals surface area contributed by atoms with Gasteiger partial charge < -0.3 is 15.0 Å². The fourth-order valence-corrected chi connectivity index (χ4v) is 7.29. The predicted molar refractivity (Wildman–Crippen MR) is 115 cm³/mol. The van der Waals surface area contributed by atoms with E-state index >= 15 is 0 Å². The van der Waals surface area contributed by atoms with Gasteiger partial charge in [-0.25, -0.2) is 9.59 Å². The highest BCUT2D eigenvalue weighted by molar-refractivity contribution is 5.91. The Morgan fingerprint density at radius 2 is 1.83 bits per heavy atom. The van der Waals surface area contributed by atoms with Crippen molar-refractivity contribution in [1.82, 2.24) is 10.2 Å². The van der Waals surface area contributed by atoms with Crippen molar-refractivity contribution in [2.45, 2.75) is 83.4 Å². The molecule has 3 saturated carbocycles. The number of hydrogen-bond donors (Lipinski definition) is 1. The molecule has 1 saturated heterocycles. The van der Waals surface area contributed by atoms with E-state index in [2.05, 4.69) is 19.2 Å². The maximum atomic E-state index is 13.7. The topological polar surface area (TPSA) is 58.6 Å². The number of esters is 1. The Morgan fingerprint density at radius 3 is 2.53 bits per heavy atom. The third-order valence-electron chi connectivity index (χ3n) is 9.28. The molecule has 2 amide bonds. The first-order valence-electron chi connectivity index (χ1n) is 11.7. The standard InChI is InChI=1S/C25H34N2O3/c1-23-17-27(22(29)26-20-11-7-4-8-12-20)25(15-19(23)13-14-24(23,25)2)21(28)30-16-18-9-5-3-6-10-18/h3,5-6,9-10,19-20H,4,7-8,11-17H2,1-2H3,(H,26,29). The minimum absolute atomic E-state index is 0.0112. The number of piperidine rings is 1. The molecule has 4 bridgehead atoms. The van der Waals surface area contributed by atoms with E-state index in [0.717, 1.165) is 37.7 Å². The third-order valence-corrected chi connectivity index (χ3v) is 9.28. The molecule has 1 aromatic carbocycles. The quantitative estimate of drug-likeness (QED) is 0.735. The van der Waals surface area contributed by atoms with Gasteiger partial charge in [0.25, 0.3) is 0 Å². The number of carbonyl (C=O) groups is 2. The Labute approximate surface area is 179 Å². The predicted octanol–water partition coefficient (Wildman–Crippen LogP) is 4.65. The molecule has 30 heavy (non-hydrogen) atoms. The summed E-state index contributed by atoms with van der Waals surface area (Å²) in [4.78, 5) is 29.0. The molecule has 4 aliphatic rings. The monoisotopic (exact) mass is 410 g/mol. The molecule has 4 fully saturated rings. The van der Waals surface area contributed by atoms with Crippen LogP contribution >= 0.6 is 0 Å². The summed E-state index contributed by atoms with van der Waals surface area (Å²) in [5.41, 5.74) is -0.0852. The molecule has 4 unspecified atom stereocenters. The first kappa shape index (κ1) is 19.9. The lowest BCUT2D eigenvalue weighted by Crippen LogP contribution is -2.63. The summed E-state index contributed by atoms with van der Waals surface area (Å²) in [7, 11) is 0. The van der Waals surface area contributed by atoms with E-state index in [-0.39, 0.29) is 35.5 Å². The number of nitrogens with one attached hydrogen (secondary N) is 1. The van der Waals surface area contributed by atoms with Crippen LogP contribution in [0.2, 0.25) is 0 Å². The fourth-order valence-electron chi connectivity index (χ4n) is 7.29. The van der Waals surface area contributed by atoms with Crippen LogP contribution in [0.3, 0.4) is 0 Å². The molecule has 1 aliphatic heterocycles. The second-order valence-electron chi connectivity index (χ2n) is 10.5. The highest BCUT2D eigenvalue weighted by Gasteiger charge is 2.81. The van der Waals surface area contributed by atoms with Gasteiger partial charge in [-0.15, -0.1) is 0 Å². The van der Waals surface area contributed by atoms with Crippen molar-refractivity contribution in [2.75, 3.05) is 6.54 Å². The van der Waals surface area contributed by atoms with E-state index in [1.165, 1.54) is 19.3 Å². The normalized spacial score (nSPS) is 37.4. The first-order chi connectivity index (χ1) is 14.4. The Kier molecular flexibility index (Phi) is 4.64. The van der Waals surface area contributed by atoms with Gasteiger partial charge in [0.05, 0.1) is 0 Å². The van der Waals surface area contributed by atoms with Gasteiger partial charge in [-0.2, -0.15) is 0 Å². The van der Waals surface area contributed by atoms with Crippen molar-refractivity contribution in [3.8, 4) is 0 Å². The number of rotatable bonds is 4. The second kappa shape index (κ2) is 7.00. The van der Waals surface area contributed by atoms with Crippen LogP contribution < -0.4 is 5.32 Å². The molecule has 5 rings (SSSR count). The number of ether oxygens (including phenoxy) is 1. The minimum atomic E-state index is -0.835. The minimum Gasteiger partial charge on any atom is -0.459 e. The maximum Gasteiger partial charge on any atom is 0.333 e. The largest absolute Gasteiger partial charge is 0.459 e. The van der Waals surface area contributed by atoms with Crippen LogP contribution in [0, 0.1) is 16.7 Å². The van der Waals surface area contributed by atoms with E-state index in [0.29, 0.717) is 12.5 Å². The molecule has 1 heterocycles. The third kappa shape index (κ3) is 2.59. The van der Waals surface area contributed by atoms with E-state index in [4.69, 9.17) is 4.74 Å². The smallest absolute Gasteiger partial charge is 0.333 e. The summed E-state index contributed by atoms with van der Waals surface area (Å²) in [6.45, 7) is 5.45. The lowest BCUT2D eigenvalue weighted by molar-refractivity contribution is -0.163. The van der Waals surface area contributed by atoms with Crippen LogP contribution in [-0.2, 0) is 16.1 Å². The van der Waals surface area contributed by atoms with Crippen LogP contribution in [0.4, 0.5) is 4.79 Å². The van der Waals surface area contributed by atoms with E-state index in [9.17, 15) is 9.59 Å². The fraction of sp³-hybridized carbons (Fsp3) is 0.680. The van der Waals surface area contributed by atoms with Crippen molar-refractivity contribution < 1.29 is 14.3 Å². The van der Waals surface area contributed by atoms with Crippen molar-refractivity contribution in [2.24, 2.45) is 16.7 Å². The molecule has 162 valence electrons. The number of carbonyl (C=O) groups excluding carboxylic acids is 2. The van der Waals surface area contributed by atoms with E-state index < -0.39 is 5.54 Å². The summed E-state index contributed by atoms with van der Waals surface area (Å²) in [6.07, 6.45) is 8.57. The maximum absolute atomic E-state index is 13.7. The highest BCUT2D eigenvalue weighted by atomic mass is 16.5. The van der Waals surface area contributed by atoms with Crippen LogP contribution in [0.1, 0.15) is 70.8 Å². The van der Waals surface area contributed by atoms with Gasteiger partial charge in [-0.05, 0) is 49.0 Å². The molecule has 0 aromatic heterocycles. The van der Waals surface area contributed by atoms with Gasteiger partial charge in [0.2, 0.25) is 0 Å². The van der Waals surface area contributed by atoms with Gasteiger partial charge >= 0.3 is 12.0 Å². The molecular formula is C25H34N2O3. The van der Waals surface area contributed by atoms with Crippen molar-refractivity contribution in [3.05, 3.63) is 35.9 Å². The van der Waals surface area contributed by atoms with Gasteiger partial charge in [0.15, 0.2) is 0 Å². The van der Waals surface area contributed by atoms with E-state index in [1.807, 2.05) is 35.2 Å². The lowest BCUT2D eigenvalue weighted by atomic mass is 9.65. The summed E-state index contributed by atoms with van der Waals surface area (Å²) in [5.74, 6) is 0.282. The molecule has 4 atom stereocenters. The molecule has 0 radical (unpaired) electrons. The Bertz CT molecular complexity index is 836. The molecule has 1 N–H and O–H groups in total. The second-order valence-corrected chi connectivity index (χ2v) is 10.5. The average Bonchev–Trinajstić information content (AvgIpc) is 3.22. The lowest BCUT2D eigenvalue weighted by Gasteiger charge is -2.46. The van der Waals surface area contributed by atoms with Gasteiger partial charge in [-0.3, -0.25) is 0 Å². The van der Waals surface area contributed by atoms with Crippen LogP contribution in [0.15, 0.2) is 30.3 Å². The Balaban J connectivity index is 1.41. The molecule has 0 spiro atoms. The zero-order chi connectivity index (χ0) is 21.0. The molecule has 1 aromatic rings. The molecule has 5 heteroatoms. The van der Waals surface area contributed by atoms with Crippen molar-refractivity contribution >= 4 is 12.0 Å². The SMILES string of the molecule is CC12CN(C(=O)NC3CCCCC3)C3(C(=O)OCc4ccccc4)CC1CCC23C. The molecule has 3 aliphatic carbocycles. The molecule has 5 nitrogen and oxygen atoms in total. The summed E-state index contributed by atoms with van der Waals surface area (Å²) in [6, 6.07) is 9.99. The van der Waals surface area contributed by atoms with Gasteiger partial charge in [0, 0.05) is 18.0 Å². The van der Waals surface area contributed by atoms with Gasteiger partial charge in [-0.1, -0.05) is 63.4 Å². The number of hydrogen-bond acceptors (Lipinski definition) is 3. The van der Waals surface area contributed by atoms with Gasteiger partial charge in [0.1, 0.15) is 12.1 Å². The summed E-state index contributed by atoms with van der Waals surface area (Å²) < 4.78 is 5.91. The molecular weight excluding hydrogens is 376 g/mol. The van der Waals surface area contributed by atoms with Crippen LogP contribution in [0.25, 0.3) is 0 Å². The number of likely N-dealkylation sites (tertiary alicyclic amines) is 1. The number of nitrogens with zero attached hydrogens (tertiary/aromatic N) is 1. The number of urea groups is 1. The average molecular weight is 411 g/mol. The van der Waals surface area contributed by atoms with E-state index in [1.54, 1.807) is 0 Å². The zero-order valence-corrected chi connectivity index (χ0v) is 18.3. The Hall–Kier alpha value is -2.04. The van der Waals surface area contributed by atoms with Crippen LogP contribution in [-0.4, -0.2) is 35.0 Å². The van der Waals surface area contributed by atoms with Crippen molar-refractivity contribution in [3.63, 3.8) is 0 Å². The first-order valence-corrected chi connectivity index (χ1v) is 11.7. The summed E-state index contributed by atoms with van der Waals surface area (Å²) >= 11 is 0. The number of amides is 2. The summed E-state index contributed by atoms with van der Waals surface area (Å²) in [5, 5.41) is 3.27. The Morgan fingerprint density at radius 1 is 1.10 bits per heavy atom.